The second kappa shape index (κ2) is 5.19. The molecule has 0 aromatic heterocycles. The van der Waals surface area contributed by atoms with Crippen molar-refractivity contribution in [1.29, 1.82) is 0 Å². The fourth-order valence-electron chi connectivity index (χ4n) is 1.57. The van der Waals surface area contributed by atoms with E-state index in [0.717, 1.165) is 26.2 Å². The van der Waals surface area contributed by atoms with Gasteiger partial charge in [0.05, 0.1) is 0 Å². The molecule has 0 radical (unpaired) electrons. The maximum Gasteiger partial charge on any atom is 0.221 e. The average Bonchev–Trinajstić information content (AvgIpc) is 2.09. The van der Waals surface area contributed by atoms with Crippen LogP contribution in [0, 0.1) is 0 Å². The van der Waals surface area contributed by atoms with Crippen LogP contribution >= 0.6 is 0 Å². The van der Waals surface area contributed by atoms with Crippen molar-refractivity contribution in [3.8, 4) is 0 Å². The number of nitrogens with zero attached hydrogens (tertiary/aromatic N) is 1. The quantitative estimate of drug-likeness (QED) is 0.618. The van der Waals surface area contributed by atoms with E-state index in [1.807, 2.05) is 6.92 Å². The van der Waals surface area contributed by atoms with Gasteiger partial charge in [-0.3, -0.25) is 4.79 Å². The minimum atomic E-state index is 0.156. The Kier molecular flexibility index (Phi) is 4.18. The lowest BCUT2D eigenvalue weighted by molar-refractivity contribution is -0.122. The van der Waals surface area contributed by atoms with Crippen molar-refractivity contribution in [1.82, 2.24) is 15.5 Å². The zero-order chi connectivity index (χ0) is 9.68. The third kappa shape index (κ3) is 3.32. The van der Waals surface area contributed by atoms with Crippen molar-refractivity contribution < 1.29 is 4.79 Å². The molecule has 1 fully saturated rings. The van der Waals surface area contributed by atoms with Crippen LogP contribution in [0.15, 0.2) is 0 Å². The van der Waals surface area contributed by atoms with Crippen LogP contribution in [-0.2, 0) is 4.79 Å². The van der Waals surface area contributed by atoms with E-state index in [0.29, 0.717) is 12.5 Å². The van der Waals surface area contributed by atoms with E-state index in [-0.39, 0.29) is 5.91 Å². The molecule has 0 aromatic rings. The smallest absolute Gasteiger partial charge is 0.221 e. The fourth-order valence-corrected chi connectivity index (χ4v) is 1.57. The first kappa shape index (κ1) is 10.5. The number of hydrogen-bond acceptors (Lipinski definition) is 3. The Hall–Kier alpha value is -0.610. The third-order valence-electron chi connectivity index (χ3n) is 2.44. The van der Waals surface area contributed by atoms with Gasteiger partial charge in [0.1, 0.15) is 0 Å². The summed E-state index contributed by atoms with van der Waals surface area (Å²) in [6.45, 7) is 5.66. The number of likely N-dealkylation sites (N-methyl/N-ethyl adjacent to an activating group) is 1. The number of rotatable bonds is 3. The van der Waals surface area contributed by atoms with Gasteiger partial charge < -0.3 is 15.5 Å². The van der Waals surface area contributed by atoms with Crippen LogP contribution in [-0.4, -0.2) is 50.1 Å². The van der Waals surface area contributed by atoms with Crippen LogP contribution in [0.25, 0.3) is 0 Å². The van der Waals surface area contributed by atoms with Crippen molar-refractivity contribution >= 4 is 5.91 Å². The molecule has 1 amide bonds. The van der Waals surface area contributed by atoms with E-state index < -0.39 is 0 Å². The summed E-state index contributed by atoms with van der Waals surface area (Å²) in [4.78, 5) is 13.5. The molecule has 0 aliphatic carbocycles. The lowest BCUT2D eigenvalue weighted by atomic mass is 10.1. The van der Waals surface area contributed by atoms with Crippen LogP contribution in [0.1, 0.15) is 13.3 Å². The van der Waals surface area contributed by atoms with Crippen molar-refractivity contribution in [2.24, 2.45) is 0 Å². The van der Waals surface area contributed by atoms with Gasteiger partial charge in [0, 0.05) is 38.6 Å². The zero-order valence-electron chi connectivity index (χ0n) is 8.47. The van der Waals surface area contributed by atoms with Gasteiger partial charge in [-0.2, -0.15) is 0 Å². The van der Waals surface area contributed by atoms with E-state index in [1.54, 1.807) is 0 Å². The topological polar surface area (TPSA) is 44.4 Å². The third-order valence-corrected chi connectivity index (χ3v) is 2.44. The van der Waals surface area contributed by atoms with Gasteiger partial charge >= 0.3 is 0 Å². The molecule has 76 valence electrons. The first-order valence-corrected chi connectivity index (χ1v) is 4.91. The van der Waals surface area contributed by atoms with Gasteiger partial charge in [0.15, 0.2) is 0 Å². The lowest BCUT2D eigenvalue weighted by Gasteiger charge is -2.32. The molecule has 1 unspecified atom stereocenters. The second-order valence-corrected chi connectivity index (χ2v) is 3.50. The number of piperazine rings is 1. The number of carbonyl (C=O) groups excluding carboxylic acids is 1. The zero-order valence-corrected chi connectivity index (χ0v) is 8.47. The maximum atomic E-state index is 11.3. The molecule has 0 saturated carbocycles. The number of amides is 1. The first-order valence-electron chi connectivity index (χ1n) is 4.91. The number of carbonyl (C=O) groups is 1. The van der Waals surface area contributed by atoms with Gasteiger partial charge in [-0.05, 0) is 14.0 Å². The van der Waals surface area contributed by atoms with Crippen LogP contribution in [0.4, 0.5) is 0 Å². The van der Waals surface area contributed by atoms with Crippen molar-refractivity contribution in [3.05, 3.63) is 0 Å². The molecular formula is C9H19N3O. The van der Waals surface area contributed by atoms with E-state index >= 15 is 0 Å². The van der Waals surface area contributed by atoms with E-state index in [1.165, 1.54) is 0 Å². The average molecular weight is 185 g/mol. The van der Waals surface area contributed by atoms with Crippen molar-refractivity contribution in [2.45, 2.75) is 19.4 Å². The maximum absolute atomic E-state index is 11.3. The molecule has 1 saturated heterocycles. The Balaban J connectivity index is 2.29. The number of hydrogen-bond donors (Lipinski definition) is 2. The second-order valence-electron chi connectivity index (χ2n) is 3.50. The van der Waals surface area contributed by atoms with Gasteiger partial charge in [0.25, 0.3) is 0 Å². The molecule has 0 bridgehead atoms. The highest BCUT2D eigenvalue weighted by Crippen LogP contribution is 2.03. The fraction of sp³-hybridized carbons (Fsp3) is 0.889. The summed E-state index contributed by atoms with van der Waals surface area (Å²) < 4.78 is 0. The van der Waals surface area contributed by atoms with Gasteiger partial charge in [0.2, 0.25) is 5.91 Å². The van der Waals surface area contributed by atoms with Gasteiger partial charge in [-0.1, -0.05) is 0 Å². The Morgan fingerprint density at radius 3 is 3.08 bits per heavy atom. The Bertz CT molecular complexity index is 172. The molecular weight excluding hydrogens is 166 g/mol. The predicted molar refractivity (Wildman–Crippen MR) is 52.6 cm³/mol. The molecule has 1 rings (SSSR count). The summed E-state index contributed by atoms with van der Waals surface area (Å²) in [5.74, 6) is 0.156. The summed E-state index contributed by atoms with van der Waals surface area (Å²) in [6.07, 6.45) is 0.608. The molecule has 4 heteroatoms. The molecule has 4 nitrogen and oxygen atoms in total. The van der Waals surface area contributed by atoms with E-state index in [4.69, 9.17) is 0 Å². The first-order chi connectivity index (χ1) is 6.24. The van der Waals surface area contributed by atoms with Crippen LogP contribution < -0.4 is 10.6 Å². The monoisotopic (exact) mass is 185 g/mol. The minimum Gasteiger partial charge on any atom is -0.356 e. The highest BCUT2D eigenvalue weighted by atomic mass is 16.1. The Labute approximate surface area is 79.7 Å². The normalized spacial score (nSPS) is 24.3. The van der Waals surface area contributed by atoms with Crippen molar-refractivity contribution in [2.75, 3.05) is 33.2 Å². The highest BCUT2D eigenvalue weighted by Gasteiger charge is 2.20. The van der Waals surface area contributed by atoms with Crippen molar-refractivity contribution in [3.63, 3.8) is 0 Å². The van der Waals surface area contributed by atoms with E-state index in [9.17, 15) is 4.79 Å². The van der Waals surface area contributed by atoms with Crippen LogP contribution in [0.5, 0.6) is 0 Å². The largest absolute Gasteiger partial charge is 0.356 e. The molecule has 2 N–H and O–H groups in total. The minimum absolute atomic E-state index is 0.156. The molecule has 13 heavy (non-hydrogen) atoms. The number of nitrogens with one attached hydrogen (secondary N) is 2. The highest BCUT2D eigenvalue weighted by molar-refractivity contribution is 5.76. The summed E-state index contributed by atoms with van der Waals surface area (Å²) in [5, 5.41) is 6.11. The standard InChI is InChI=1S/C9H19N3O/c1-3-11-9(13)6-8-7-10-4-5-12(8)2/h8,10H,3-7H2,1-2H3,(H,11,13). The van der Waals surface area contributed by atoms with E-state index in [2.05, 4.69) is 22.6 Å². The summed E-state index contributed by atoms with van der Waals surface area (Å²) in [6, 6.07) is 0.361. The molecule has 1 aliphatic rings. The molecule has 1 heterocycles. The lowest BCUT2D eigenvalue weighted by Crippen LogP contribution is -2.50. The summed E-state index contributed by atoms with van der Waals surface area (Å²) >= 11 is 0. The summed E-state index contributed by atoms with van der Waals surface area (Å²) in [7, 11) is 2.07. The molecule has 1 aliphatic heterocycles. The molecule has 0 aromatic carbocycles. The van der Waals surface area contributed by atoms with Crippen LogP contribution in [0.3, 0.4) is 0 Å². The SMILES string of the molecule is CCNC(=O)CC1CNCCN1C. The summed E-state index contributed by atoms with van der Waals surface area (Å²) in [5.41, 5.74) is 0. The van der Waals surface area contributed by atoms with Crippen LogP contribution in [0.2, 0.25) is 0 Å². The predicted octanol–water partition coefficient (Wildman–Crippen LogP) is -0.584. The van der Waals surface area contributed by atoms with Gasteiger partial charge in [-0.15, -0.1) is 0 Å². The molecule has 0 spiro atoms. The Morgan fingerprint density at radius 2 is 2.46 bits per heavy atom. The molecule has 1 atom stereocenters. The van der Waals surface area contributed by atoms with Gasteiger partial charge in [-0.25, -0.2) is 0 Å². The Morgan fingerprint density at radius 1 is 1.69 bits per heavy atom.